The summed E-state index contributed by atoms with van der Waals surface area (Å²) in [6.45, 7) is 7.09. The van der Waals surface area contributed by atoms with Crippen molar-refractivity contribution in [1.29, 1.82) is 0 Å². The lowest BCUT2D eigenvalue weighted by atomic mass is 10.1. The third-order valence-corrected chi connectivity index (χ3v) is 4.23. The molecule has 4 nitrogen and oxygen atoms in total. The maximum Gasteiger partial charge on any atom is 0.243 e. The van der Waals surface area contributed by atoms with Gasteiger partial charge in [0.25, 0.3) is 0 Å². The molecule has 120 valence electrons. The smallest absolute Gasteiger partial charge is 0.243 e. The first-order chi connectivity index (χ1) is 10.5. The predicted molar refractivity (Wildman–Crippen MR) is 87.2 cm³/mol. The molecule has 0 aliphatic carbocycles. The summed E-state index contributed by atoms with van der Waals surface area (Å²) in [5.41, 5.74) is 2.38. The minimum Gasteiger partial charge on any atom is -0.350 e. The van der Waals surface area contributed by atoms with Crippen LogP contribution in [0.25, 0.3) is 0 Å². The highest BCUT2D eigenvalue weighted by Crippen LogP contribution is 2.20. The van der Waals surface area contributed by atoms with Crippen LogP contribution in [0.3, 0.4) is 0 Å². The van der Waals surface area contributed by atoms with Crippen LogP contribution in [0.15, 0.2) is 24.3 Å². The Labute approximate surface area is 132 Å². The molecular formula is C18H26N2O2. The number of rotatable bonds is 5. The van der Waals surface area contributed by atoms with E-state index in [9.17, 15) is 9.59 Å². The number of amides is 2. The molecule has 0 aromatic heterocycles. The van der Waals surface area contributed by atoms with Gasteiger partial charge in [-0.3, -0.25) is 9.59 Å². The lowest BCUT2D eigenvalue weighted by Gasteiger charge is -2.25. The Hall–Kier alpha value is -1.84. The molecular weight excluding hydrogens is 276 g/mol. The Balaban J connectivity index is 1.92. The zero-order chi connectivity index (χ0) is 16.1. The Kier molecular flexibility index (Phi) is 5.58. The summed E-state index contributed by atoms with van der Waals surface area (Å²) in [6.07, 6.45) is 2.68. The quantitative estimate of drug-likeness (QED) is 0.908. The lowest BCUT2D eigenvalue weighted by Crippen LogP contribution is -2.47. The lowest BCUT2D eigenvalue weighted by molar-refractivity contribution is -0.140. The van der Waals surface area contributed by atoms with Crippen molar-refractivity contribution in [2.75, 3.05) is 6.54 Å². The Morgan fingerprint density at radius 1 is 1.23 bits per heavy atom. The van der Waals surface area contributed by atoms with Gasteiger partial charge in [-0.15, -0.1) is 0 Å². The van der Waals surface area contributed by atoms with E-state index in [0.29, 0.717) is 13.1 Å². The number of nitrogens with one attached hydrogen (secondary N) is 1. The van der Waals surface area contributed by atoms with Gasteiger partial charge in [-0.25, -0.2) is 0 Å². The monoisotopic (exact) mass is 302 g/mol. The molecule has 1 N–H and O–H groups in total. The number of likely N-dealkylation sites (tertiary alicyclic amines) is 1. The van der Waals surface area contributed by atoms with Crippen LogP contribution < -0.4 is 5.32 Å². The summed E-state index contributed by atoms with van der Waals surface area (Å²) in [4.78, 5) is 26.3. The Bertz CT molecular complexity index is 522. The number of aryl methyl sites for hydroxylation is 1. The number of hydrogen-bond donors (Lipinski definition) is 1. The highest BCUT2D eigenvalue weighted by Gasteiger charge is 2.34. The fourth-order valence-electron chi connectivity index (χ4n) is 2.83. The maximum atomic E-state index is 12.4. The van der Waals surface area contributed by atoms with E-state index >= 15 is 0 Å². The molecule has 4 heteroatoms. The number of nitrogens with zero attached hydrogens (tertiary/aromatic N) is 1. The zero-order valence-corrected chi connectivity index (χ0v) is 13.8. The number of hydrogen-bond acceptors (Lipinski definition) is 2. The van der Waals surface area contributed by atoms with Gasteiger partial charge < -0.3 is 10.2 Å². The largest absolute Gasteiger partial charge is 0.350 e. The van der Waals surface area contributed by atoms with Crippen molar-refractivity contribution in [2.45, 2.75) is 52.6 Å². The van der Waals surface area contributed by atoms with Gasteiger partial charge in [0.05, 0.1) is 0 Å². The minimum absolute atomic E-state index is 0.0360. The summed E-state index contributed by atoms with van der Waals surface area (Å²) in [5.74, 6) is -0.0222. The summed E-state index contributed by atoms with van der Waals surface area (Å²) in [5, 5.41) is 2.97. The second-order valence-corrected chi connectivity index (χ2v) is 6.23. The molecule has 0 saturated carbocycles. The van der Waals surface area contributed by atoms with Crippen molar-refractivity contribution < 1.29 is 9.59 Å². The summed E-state index contributed by atoms with van der Waals surface area (Å²) >= 11 is 0. The van der Waals surface area contributed by atoms with E-state index in [1.807, 2.05) is 26.0 Å². The van der Waals surface area contributed by atoms with Gasteiger partial charge in [0.2, 0.25) is 11.8 Å². The number of carbonyl (C=O) groups is 2. The number of benzene rings is 1. The third kappa shape index (κ3) is 3.87. The normalized spacial score (nSPS) is 17.8. The van der Waals surface area contributed by atoms with E-state index in [2.05, 4.69) is 24.4 Å². The zero-order valence-electron chi connectivity index (χ0n) is 13.8. The molecule has 1 aliphatic rings. The first-order valence-corrected chi connectivity index (χ1v) is 8.19. The highest BCUT2D eigenvalue weighted by atomic mass is 16.2. The maximum absolute atomic E-state index is 12.4. The van der Waals surface area contributed by atoms with Crippen molar-refractivity contribution in [1.82, 2.24) is 10.2 Å². The van der Waals surface area contributed by atoms with E-state index in [-0.39, 0.29) is 23.8 Å². The van der Waals surface area contributed by atoms with Crippen LogP contribution >= 0.6 is 0 Å². The van der Waals surface area contributed by atoms with Crippen LogP contribution in [0.2, 0.25) is 0 Å². The standard InChI is InChI=1S/C18H26N2O2/c1-4-14-7-9-15(10-8-14)12-19-17(21)16-6-5-11-20(16)18(22)13(2)3/h7-10,13,16H,4-6,11-12H2,1-3H3,(H,19,21)/t16-/m1/s1. The summed E-state index contributed by atoms with van der Waals surface area (Å²) in [6, 6.07) is 7.97. The van der Waals surface area contributed by atoms with Crippen molar-refractivity contribution in [3.63, 3.8) is 0 Å². The fraction of sp³-hybridized carbons (Fsp3) is 0.556. The van der Waals surface area contributed by atoms with Crippen LogP contribution in [-0.4, -0.2) is 29.3 Å². The van der Waals surface area contributed by atoms with Gasteiger partial charge >= 0.3 is 0 Å². The van der Waals surface area contributed by atoms with Gasteiger partial charge in [-0.05, 0) is 30.4 Å². The molecule has 0 bridgehead atoms. The van der Waals surface area contributed by atoms with Crippen molar-refractivity contribution in [3.8, 4) is 0 Å². The van der Waals surface area contributed by atoms with E-state index in [0.717, 1.165) is 24.8 Å². The molecule has 2 amide bonds. The first-order valence-electron chi connectivity index (χ1n) is 8.19. The summed E-state index contributed by atoms with van der Waals surface area (Å²) in [7, 11) is 0. The predicted octanol–water partition coefficient (Wildman–Crippen LogP) is 2.51. The second kappa shape index (κ2) is 7.43. The Morgan fingerprint density at radius 2 is 1.86 bits per heavy atom. The molecule has 0 spiro atoms. The topological polar surface area (TPSA) is 49.4 Å². The van der Waals surface area contributed by atoms with Crippen LogP contribution in [0.5, 0.6) is 0 Å². The molecule has 2 rings (SSSR count). The second-order valence-electron chi connectivity index (χ2n) is 6.23. The van der Waals surface area contributed by atoms with Crippen molar-refractivity contribution in [2.24, 2.45) is 5.92 Å². The van der Waals surface area contributed by atoms with Gasteiger partial charge in [-0.2, -0.15) is 0 Å². The van der Waals surface area contributed by atoms with Crippen LogP contribution in [0.4, 0.5) is 0 Å². The van der Waals surface area contributed by atoms with Crippen molar-refractivity contribution in [3.05, 3.63) is 35.4 Å². The highest BCUT2D eigenvalue weighted by molar-refractivity contribution is 5.88. The van der Waals surface area contributed by atoms with E-state index in [1.54, 1.807) is 4.90 Å². The molecule has 0 radical (unpaired) electrons. The molecule has 1 aromatic carbocycles. The van der Waals surface area contributed by atoms with Gasteiger partial charge in [0.1, 0.15) is 6.04 Å². The van der Waals surface area contributed by atoms with Crippen LogP contribution in [-0.2, 0) is 22.6 Å². The van der Waals surface area contributed by atoms with E-state index in [1.165, 1.54) is 5.56 Å². The van der Waals surface area contributed by atoms with Gasteiger partial charge in [0.15, 0.2) is 0 Å². The molecule has 0 unspecified atom stereocenters. The molecule has 22 heavy (non-hydrogen) atoms. The molecule has 1 aromatic rings. The molecule has 1 atom stereocenters. The minimum atomic E-state index is -0.301. The SMILES string of the molecule is CCc1ccc(CNC(=O)[C@H]2CCCN2C(=O)C(C)C)cc1. The summed E-state index contributed by atoms with van der Waals surface area (Å²) < 4.78 is 0. The van der Waals surface area contributed by atoms with Crippen molar-refractivity contribution >= 4 is 11.8 Å². The van der Waals surface area contributed by atoms with Crippen LogP contribution in [0, 0.1) is 5.92 Å². The molecule has 1 fully saturated rings. The third-order valence-electron chi connectivity index (χ3n) is 4.23. The average Bonchev–Trinajstić information content (AvgIpc) is 3.01. The van der Waals surface area contributed by atoms with Crippen LogP contribution in [0.1, 0.15) is 44.7 Å². The molecule has 1 aliphatic heterocycles. The van der Waals surface area contributed by atoms with Gasteiger partial charge in [0, 0.05) is 19.0 Å². The van der Waals surface area contributed by atoms with E-state index in [4.69, 9.17) is 0 Å². The fourth-order valence-corrected chi connectivity index (χ4v) is 2.83. The van der Waals surface area contributed by atoms with E-state index < -0.39 is 0 Å². The number of carbonyl (C=O) groups excluding carboxylic acids is 2. The van der Waals surface area contributed by atoms with Gasteiger partial charge in [-0.1, -0.05) is 45.0 Å². The average molecular weight is 302 g/mol. The molecule has 1 heterocycles. The Morgan fingerprint density at radius 3 is 2.45 bits per heavy atom. The first kappa shape index (κ1) is 16.5. The molecule has 1 saturated heterocycles.